The van der Waals surface area contributed by atoms with Crippen LogP contribution in [0.2, 0.25) is 16.6 Å². The van der Waals surface area contributed by atoms with Gasteiger partial charge in [0.05, 0.1) is 16.8 Å². The number of nitrogens with zero attached hydrogens (tertiary/aromatic N) is 4. The number of amides is 1. The minimum Gasteiger partial charge on any atom is -0.444 e. The van der Waals surface area contributed by atoms with Gasteiger partial charge in [0.15, 0.2) is 5.65 Å². The summed E-state index contributed by atoms with van der Waals surface area (Å²) in [5, 5.41) is 5.71. The van der Waals surface area contributed by atoms with Gasteiger partial charge in [-0.3, -0.25) is 0 Å². The van der Waals surface area contributed by atoms with Crippen molar-refractivity contribution in [1.29, 1.82) is 0 Å². The number of benzene rings is 1. The summed E-state index contributed by atoms with van der Waals surface area (Å²) in [6.07, 6.45) is -3.48. The molecular formula is C32H41F3N4O3Si. The number of rotatable bonds is 6. The van der Waals surface area contributed by atoms with Crippen molar-refractivity contribution < 1.29 is 27.4 Å². The van der Waals surface area contributed by atoms with Crippen molar-refractivity contribution in [3.63, 3.8) is 0 Å². The van der Waals surface area contributed by atoms with Crippen molar-refractivity contribution in [2.75, 3.05) is 13.1 Å². The molecule has 1 aliphatic rings. The van der Waals surface area contributed by atoms with Gasteiger partial charge in [-0.2, -0.15) is 5.10 Å². The lowest BCUT2D eigenvalue weighted by Gasteiger charge is -2.39. The van der Waals surface area contributed by atoms with Crippen LogP contribution in [0.4, 0.5) is 18.0 Å². The molecule has 232 valence electrons. The Bertz CT molecular complexity index is 1500. The average molecular weight is 615 g/mol. The fourth-order valence-electron chi connectivity index (χ4n) is 6.16. The van der Waals surface area contributed by atoms with Crippen LogP contribution in [-0.4, -0.2) is 58.9 Å². The molecule has 3 heterocycles. The molecule has 0 unspecified atom stereocenters. The summed E-state index contributed by atoms with van der Waals surface area (Å²) < 4.78 is 49.4. The Kier molecular flexibility index (Phi) is 8.94. The minimum atomic E-state index is -4.78. The molecule has 0 atom stereocenters. The standard InChI is InChI=1S/C32H41F3N4O3Si/c1-20(2)43(21(3)4,22(5)6)17-15-23-14-16-36-29-27(23)28(24-18-38(19-24)30(40)42-31(7,8)9)37-39(29)25-10-12-26(13-11-25)41-32(33,34)35/h10-14,16,20-22,24H,18-19H2,1-9H3. The quantitative estimate of drug-likeness (QED) is 0.207. The maximum atomic E-state index is 12.7. The lowest BCUT2D eigenvalue weighted by Crippen LogP contribution is -2.50. The smallest absolute Gasteiger partial charge is 0.444 e. The number of halogens is 3. The zero-order valence-electron chi connectivity index (χ0n) is 26.3. The molecule has 4 rings (SSSR count). The van der Waals surface area contributed by atoms with Crippen LogP contribution >= 0.6 is 0 Å². The second-order valence-electron chi connectivity index (χ2n) is 13.1. The lowest BCUT2D eigenvalue weighted by molar-refractivity contribution is -0.274. The van der Waals surface area contributed by atoms with Gasteiger partial charge in [-0.15, -0.1) is 18.7 Å². The number of carbonyl (C=O) groups excluding carboxylic acids is 1. The summed E-state index contributed by atoms with van der Waals surface area (Å²) in [5.74, 6) is 3.14. The highest BCUT2D eigenvalue weighted by atomic mass is 28.3. The minimum absolute atomic E-state index is 0.0869. The van der Waals surface area contributed by atoms with Crippen LogP contribution in [0.15, 0.2) is 36.5 Å². The first-order valence-corrected chi connectivity index (χ1v) is 16.9. The van der Waals surface area contributed by atoms with E-state index >= 15 is 0 Å². The van der Waals surface area contributed by atoms with Gasteiger partial charge >= 0.3 is 12.5 Å². The van der Waals surface area contributed by atoms with E-state index in [-0.39, 0.29) is 17.8 Å². The van der Waals surface area contributed by atoms with Crippen molar-refractivity contribution in [2.24, 2.45) is 0 Å². The molecule has 0 spiro atoms. The molecule has 0 saturated carbocycles. The van der Waals surface area contributed by atoms with Crippen molar-refractivity contribution in [2.45, 2.75) is 96.8 Å². The zero-order valence-corrected chi connectivity index (χ0v) is 27.3. The van der Waals surface area contributed by atoms with Crippen LogP contribution in [0.5, 0.6) is 5.75 Å². The van der Waals surface area contributed by atoms with Gasteiger partial charge in [0, 0.05) is 30.8 Å². The molecule has 11 heteroatoms. The van der Waals surface area contributed by atoms with Crippen LogP contribution in [0.25, 0.3) is 16.7 Å². The maximum Gasteiger partial charge on any atom is 0.573 e. The number of aromatic nitrogens is 3. The van der Waals surface area contributed by atoms with Crippen molar-refractivity contribution in [1.82, 2.24) is 19.7 Å². The maximum absolute atomic E-state index is 12.7. The lowest BCUT2D eigenvalue weighted by atomic mass is 9.93. The molecule has 1 aromatic carbocycles. The van der Waals surface area contributed by atoms with Gasteiger partial charge < -0.3 is 14.4 Å². The Morgan fingerprint density at radius 2 is 1.56 bits per heavy atom. The van der Waals surface area contributed by atoms with Crippen LogP contribution < -0.4 is 4.74 Å². The summed E-state index contributed by atoms with van der Waals surface area (Å²) in [4.78, 5) is 18.9. The highest BCUT2D eigenvalue weighted by Crippen LogP contribution is 2.41. The van der Waals surface area contributed by atoms with Crippen LogP contribution in [0.3, 0.4) is 0 Å². The Labute approximate surface area is 252 Å². The van der Waals surface area contributed by atoms with Gasteiger partial charge in [-0.05, 0) is 67.7 Å². The molecule has 2 aromatic heterocycles. The highest BCUT2D eigenvalue weighted by Gasteiger charge is 2.42. The van der Waals surface area contributed by atoms with E-state index < -0.39 is 20.0 Å². The summed E-state index contributed by atoms with van der Waals surface area (Å²) in [6.45, 7) is 19.9. The number of ether oxygens (including phenoxy) is 2. The van der Waals surface area contributed by atoms with E-state index in [4.69, 9.17) is 9.84 Å². The number of likely N-dealkylation sites (tertiary alicyclic amines) is 1. The molecule has 43 heavy (non-hydrogen) atoms. The number of pyridine rings is 1. The van der Waals surface area contributed by atoms with Crippen LogP contribution in [0.1, 0.15) is 79.5 Å². The molecule has 0 bridgehead atoms. The fraction of sp³-hybridized carbons (Fsp3) is 0.531. The number of carbonyl (C=O) groups is 1. The van der Waals surface area contributed by atoms with Crippen LogP contribution in [-0.2, 0) is 4.74 Å². The van der Waals surface area contributed by atoms with E-state index in [1.807, 2.05) is 26.8 Å². The monoisotopic (exact) mass is 614 g/mol. The molecule has 1 saturated heterocycles. The summed E-state index contributed by atoms with van der Waals surface area (Å²) in [7, 11) is -2.05. The van der Waals surface area contributed by atoms with E-state index in [9.17, 15) is 18.0 Å². The Morgan fingerprint density at radius 3 is 2.07 bits per heavy atom. The Morgan fingerprint density at radius 1 is 0.977 bits per heavy atom. The third-order valence-corrected chi connectivity index (χ3v) is 14.4. The normalized spacial score (nSPS) is 14.7. The molecule has 1 fully saturated rings. The molecular weight excluding hydrogens is 573 g/mol. The van der Waals surface area contributed by atoms with E-state index in [1.165, 1.54) is 24.3 Å². The molecule has 0 N–H and O–H groups in total. The van der Waals surface area contributed by atoms with Gasteiger partial charge in [-0.1, -0.05) is 47.5 Å². The SMILES string of the molecule is CC(C)[Si](C#Cc1ccnc2c1c(C1CN(C(=O)OC(C)(C)C)C1)nn2-c1ccc(OC(F)(F)F)cc1)(C(C)C)C(C)C. The van der Waals surface area contributed by atoms with Gasteiger partial charge in [0.2, 0.25) is 0 Å². The van der Waals surface area contributed by atoms with Gasteiger partial charge in [0.1, 0.15) is 19.4 Å². The molecule has 7 nitrogen and oxygen atoms in total. The second-order valence-corrected chi connectivity index (χ2v) is 18.7. The second kappa shape index (κ2) is 11.9. The number of hydrogen-bond acceptors (Lipinski definition) is 5. The van der Waals surface area contributed by atoms with Crippen molar-refractivity contribution in [3.05, 3.63) is 47.8 Å². The first kappa shape index (κ1) is 32.4. The number of fused-ring (bicyclic) bond motifs is 1. The van der Waals surface area contributed by atoms with E-state index in [0.29, 0.717) is 41.0 Å². The van der Waals surface area contributed by atoms with Gasteiger partial charge in [-0.25, -0.2) is 14.5 Å². The number of hydrogen-bond donors (Lipinski definition) is 0. The molecule has 3 aromatic rings. The predicted octanol–water partition coefficient (Wildman–Crippen LogP) is 8.22. The third kappa shape index (κ3) is 6.85. The zero-order chi connectivity index (χ0) is 31.9. The molecule has 1 amide bonds. The summed E-state index contributed by atoms with van der Waals surface area (Å²) >= 11 is 0. The largest absolute Gasteiger partial charge is 0.573 e. The topological polar surface area (TPSA) is 69.5 Å². The molecule has 0 radical (unpaired) electrons. The van der Waals surface area contributed by atoms with Crippen molar-refractivity contribution >= 4 is 25.2 Å². The highest BCUT2D eigenvalue weighted by molar-refractivity contribution is 6.90. The Hall–Kier alpha value is -3.52. The first-order valence-electron chi connectivity index (χ1n) is 14.7. The van der Waals surface area contributed by atoms with Gasteiger partial charge in [0.25, 0.3) is 0 Å². The molecule has 1 aliphatic heterocycles. The van der Waals surface area contributed by atoms with Crippen LogP contribution in [0, 0.1) is 11.5 Å². The van der Waals surface area contributed by atoms with E-state index in [2.05, 4.69) is 62.7 Å². The molecule has 0 aliphatic carbocycles. The summed E-state index contributed by atoms with van der Waals surface area (Å²) in [6, 6.07) is 7.43. The first-order chi connectivity index (χ1) is 19.9. The van der Waals surface area contributed by atoms with Crippen molar-refractivity contribution in [3.8, 4) is 22.9 Å². The average Bonchev–Trinajstić information content (AvgIpc) is 3.21. The predicted molar refractivity (Wildman–Crippen MR) is 164 cm³/mol. The fourth-order valence-corrected chi connectivity index (χ4v) is 11.4. The van der Waals surface area contributed by atoms with E-state index in [0.717, 1.165) is 16.6 Å². The summed E-state index contributed by atoms with van der Waals surface area (Å²) in [5.41, 5.74) is 7.16. The Balaban J connectivity index is 1.82. The number of alkyl halides is 3. The third-order valence-electron chi connectivity index (χ3n) is 8.11. The van der Waals surface area contributed by atoms with E-state index in [1.54, 1.807) is 15.8 Å².